The zero-order valence-corrected chi connectivity index (χ0v) is 13.7. The molecule has 0 saturated heterocycles. The maximum atomic E-state index is 6.65. The van der Waals surface area contributed by atoms with E-state index < -0.39 is 0 Å². The van der Waals surface area contributed by atoms with Crippen LogP contribution in [0.15, 0.2) is 52.3 Å². The first-order valence-electron chi connectivity index (χ1n) is 5.72. The molecule has 19 heavy (non-hydrogen) atoms. The molecule has 0 aliphatic carbocycles. The van der Waals surface area contributed by atoms with E-state index in [9.17, 15) is 0 Å². The van der Waals surface area contributed by atoms with Crippen LogP contribution in [0.2, 0.25) is 5.02 Å². The van der Waals surface area contributed by atoms with Gasteiger partial charge in [0.2, 0.25) is 0 Å². The maximum absolute atomic E-state index is 6.65. The van der Waals surface area contributed by atoms with E-state index >= 15 is 0 Å². The van der Waals surface area contributed by atoms with E-state index in [-0.39, 0.29) is 5.38 Å². The Labute approximate surface area is 134 Å². The molecule has 0 N–H and O–H groups in total. The zero-order valence-electron chi connectivity index (χ0n) is 9.74. The van der Waals surface area contributed by atoms with Gasteiger partial charge >= 0.3 is 0 Å². The number of hydrogen-bond donors (Lipinski definition) is 0. The Bertz CT molecular complexity index is 736. The molecule has 0 nitrogen and oxygen atoms in total. The van der Waals surface area contributed by atoms with Gasteiger partial charge in [-0.15, -0.1) is 22.9 Å². The van der Waals surface area contributed by atoms with Crippen LogP contribution in [0.3, 0.4) is 0 Å². The molecule has 0 saturated carbocycles. The van der Waals surface area contributed by atoms with Crippen molar-refractivity contribution in [2.75, 3.05) is 0 Å². The van der Waals surface area contributed by atoms with Crippen LogP contribution in [0.5, 0.6) is 0 Å². The van der Waals surface area contributed by atoms with Gasteiger partial charge in [0.15, 0.2) is 0 Å². The van der Waals surface area contributed by atoms with E-state index in [4.69, 9.17) is 23.2 Å². The molecular weight excluding hydrogens is 363 g/mol. The van der Waals surface area contributed by atoms with Crippen LogP contribution in [0.25, 0.3) is 10.1 Å². The van der Waals surface area contributed by atoms with Crippen LogP contribution < -0.4 is 0 Å². The zero-order chi connectivity index (χ0) is 13.4. The first-order chi connectivity index (χ1) is 9.16. The molecule has 3 rings (SSSR count). The number of benzene rings is 2. The molecule has 0 amide bonds. The summed E-state index contributed by atoms with van der Waals surface area (Å²) in [6, 6.07) is 14.0. The van der Waals surface area contributed by atoms with Crippen LogP contribution in [-0.4, -0.2) is 0 Å². The second-order valence-corrected chi connectivity index (χ2v) is 6.85. The smallest absolute Gasteiger partial charge is 0.0860 e. The summed E-state index contributed by atoms with van der Waals surface area (Å²) < 4.78 is 2.23. The molecule has 1 aromatic heterocycles. The molecular formula is C15H9BrCl2S. The topological polar surface area (TPSA) is 0 Å². The van der Waals surface area contributed by atoms with Gasteiger partial charge in [0, 0.05) is 14.2 Å². The summed E-state index contributed by atoms with van der Waals surface area (Å²) in [6.07, 6.45) is 0. The lowest BCUT2D eigenvalue weighted by atomic mass is 10.0. The number of hydrogen-bond acceptors (Lipinski definition) is 1. The molecule has 0 fully saturated rings. The Kier molecular flexibility index (Phi) is 3.86. The molecule has 2 aromatic carbocycles. The predicted octanol–water partition coefficient (Wildman–Crippen LogP) is 6.65. The highest BCUT2D eigenvalue weighted by Gasteiger charge is 2.18. The highest BCUT2D eigenvalue weighted by Crippen LogP contribution is 2.40. The Morgan fingerprint density at radius 3 is 2.68 bits per heavy atom. The minimum Gasteiger partial charge on any atom is -0.143 e. The van der Waals surface area contributed by atoms with Crippen molar-refractivity contribution in [3.8, 4) is 0 Å². The number of alkyl halides is 1. The van der Waals surface area contributed by atoms with Gasteiger partial charge in [-0.2, -0.15) is 0 Å². The van der Waals surface area contributed by atoms with E-state index in [1.807, 2.05) is 30.3 Å². The molecule has 0 aliphatic rings. The summed E-state index contributed by atoms with van der Waals surface area (Å²) in [5, 5.41) is 3.82. The number of fused-ring (bicyclic) bond motifs is 1. The van der Waals surface area contributed by atoms with Gasteiger partial charge in [-0.25, -0.2) is 0 Å². The van der Waals surface area contributed by atoms with Gasteiger partial charge < -0.3 is 0 Å². The normalized spacial score (nSPS) is 12.8. The van der Waals surface area contributed by atoms with Crippen molar-refractivity contribution in [3.63, 3.8) is 0 Å². The number of rotatable bonds is 2. The Morgan fingerprint density at radius 2 is 1.84 bits per heavy atom. The van der Waals surface area contributed by atoms with Gasteiger partial charge in [0.1, 0.15) is 0 Å². The van der Waals surface area contributed by atoms with Crippen molar-refractivity contribution in [2.24, 2.45) is 0 Å². The molecule has 1 atom stereocenters. The molecule has 96 valence electrons. The minimum absolute atomic E-state index is 0.204. The van der Waals surface area contributed by atoms with Crippen molar-refractivity contribution in [2.45, 2.75) is 5.38 Å². The fourth-order valence-electron chi connectivity index (χ4n) is 2.07. The van der Waals surface area contributed by atoms with Crippen LogP contribution in [0.1, 0.15) is 16.5 Å². The summed E-state index contributed by atoms with van der Waals surface area (Å²) in [5.74, 6) is 0. The lowest BCUT2D eigenvalue weighted by Crippen LogP contribution is -1.93. The molecule has 0 radical (unpaired) electrons. The highest BCUT2D eigenvalue weighted by molar-refractivity contribution is 9.10. The lowest BCUT2D eigenvalue weighted by molar-refractivity contribution is 1.16. The minimum atomic E-state index is -0.204. The molecule has 3 aromatic rings. The van der Waals surface area contributed by atoms with E-state index in [0.717, 1.165) is 15.6 Å². The van der Waals surface area contributed by atoms with Crippen molar-refractivity contribution < 1.29 is 0 Å². The Hall–Kier alpha value is -0.540. The SMILES string of the molecule is Clc1ccc(Br)c(C(Cl)c2csc3ccccc23)c1. The first kappa shape index (κ1) is 13.4. The second-order valence-electron chi connectivity index (χ2n) is 4.22. The van der Waals surface area contributed by atoms with Crippen LogP contribution in [0, 0.1) is 0 Å². The summed E-state index contributed by atoms with van der Waals surface area (Å²) in [4.78, 5) is 0. The fraction of sp³-hybridized carbons (Fsp3) is 0.0667. The molecule has 1 unspecified atom stereocenters. The van der Waals surface area contributed by atoms with Crippen molar-refractivity contribution in [3.05, 3.63) is 68.5 Å². The third kappa shape index (κ3) is 2.55. The standard InChI is InChI=1S/C15H9BrCl2S/c16-13-6-5-9(17)7-11(13)15(18)12-8-19-14-4-2-1-3-10(12)14/h1-8,15H. The average Bonchev–Trinajstić information content (AvgIpc) is 2.84. The van der Waals surface area contributed by atoms with Crippen molar-refractivity contribution in [1.82, 2.24) is 0 Å². The number of halogens is 3. The third-order valence-corrected chi connectivity index (χ3v) is 5.42. The van der Waals surface area contributed by atoms with E-state index in [1.54, 1.807) is 11.3 Å². The number of thiophene rings is 1. The van der Waals surface area contributed by atoms with E-state index in [1.165, 1.54) is 10.1 Å². The molecule has 4 heteroatoms. The van der Waals surface area contributed by atoms with Gasteiger partial charge in [0.25, 0.3) is 0 Å². The summed E-state index contributed by atoms with van der Waals surface area (Å²) in [6.45, 7) is 0. The monoisotopic (exact) mass is 370 g/mol. The summed E-state index contributed by atoms with van der Waals surface area (Å²) in [5.41, 5.74) is 2.13. The van der Waals surface area contributed by atoms with E-state index in [0.29, 0.717) is 5.02 Å². The highest BCUT2D eigenvalue weighted by atomic mass is 79.9. The largest absolute Gasteiger partial charge is 0.143 e. The summed E-state index contributed by atoms with van der Waals surface area (Å²) in [7, 11) is 0. The van der Waals surface area contributed by atoms with Crippen LogP contribution in [0.4, 0.5) is 0 Å². The Balaban J connectivity index is 2.13. The van der Waals surface area contributed by atoms with Crippen molar-refractivity contribution in [1.29, 1.82) is 0 Å². The quantitative estimate of drug-likeness (QED) is 0.442. The van der Waals surface area contributed by atoms with Crippen LogP contribution >= 0.6 is 50.5 Å². The van der Waals surface area contributed by atoms with Gasteiger partial charge in [-0.3, -0.25) is 0 Å². The van der Waals surface area contributed by atoms with Gasteiger partial charge in [-0.05, 0) is 46.2 Å². The van der Waals surface area contributed by atoms with E-state index in [2.05, 4.69) is 33.4 Å². The Morgan fingerprint density at radius 1 is 1.05 bits per heavy atom. The third-order valence-electron chi connectivity index (χ3n) is 3.02. The van der Waals surface area contributed by atoms with Gasteiger partial charge in [-0.1, -0.05) is 45.7 Å². The maximum Gasteiger partial charge on any atom is 0.0860 e. The molecule has 0 spiro atoms. The van der Waals surface area contributed by atoms with Crippen LogP contribution in [-0.2, 0) is 0 Å². The van der Waals surface area contributed by atoms with Gasteiger partial charge in [0.05, 0.1) is 5.38 Å². The molecule has 0 bridgehead atoms. The van der Waals surface area contributed by atoms with Crippen molar-refractivity contribution >= 4 is 60.6 Å². The average molecular weight is 372 g/mol. The molecule has 1 heterocycles. The second kappa shape index (κ2) is 5.45. The lowest BCUT2D eigenvalue weighted by Gasteiger charge is -2.12. The first-order valence-corrected chi connectivity index (χ1v) is 8.20. The molecule has 0 aliphatic heterocycles. The summed E-state index contributed by atoms with van der Waals surface area (Å²) >= 11 is 18.0. The predicted molar refractivity (Wildman–Crippen MR) is 88.7 cm³/mol. The fourth-order valence-corrected chi connectivity index (χ4v) is 4.28.